The number of nitrogens with zero attached hydrogens (tertiary/aromatic N) is 6. The van der Waals surface area contributed by atoms with E-state index >= 15 is 0 Å². The minimum absolute atomic E-state index is 0.449. The second-order valence-corrected chi connectivity index (χ2v) is 9.95. The highest BCUT2D eigenvalue weighted by molar-refractivity contribution is 5.96. The average Bonchev–Trinajstić information content (AvgIpc) is 3.47. The lowest BCUT2D eigenvalue weighted by atomic mass is 9.82. The fraction of sp³-hybridized carbons (Fsp3) is 0.200. The van der Waals surface area contributed by atoms with Gasteiger partial charge in [0.05, 0.1) is 35.2 Å². The summed E-state index contributed by atoms with van der Waals surface area (Å²) in [6.45, 7) is 6.49. The second-order valence-electron chi connectivity index (χ2n) is 9.95. The zero-order valence-corrected chi connectivity index (χ0v) is 21.2. The van der Waals surface area contributed by atoms with Crippen molar-refractivity contribution < 1.29 is 0 Å². The Morgan fingerprint density at radius 3 is 1.86 bits per heavy atom. The maximum Gasteiger partial charge on any atom is 0.0818 e. The Bertz CT molecular complexity index is 1750. The Labute approximate surface area is 210 Å². The first-order valence-electron chi connectivity index (χ1n) is 12.1. The van der Waals surface area contributed by atoms with E-state index in [1.807, 2.05) is 42.0 Å². The van der Waals surface area contributed by atoms with Crippen LogP contribution in [0, 0.1) is 6.92 Å². The highest BCUT2D eigenvalue weighted by atomic mass is 15.3. The van der Waals surface area contributed by atoms with Gasteiger partial charge >= 0.3 is 0 Å². The summed E-state index contributed by atoms with van der Waals surface area (Å²) in [6, 6.07) is 21.2. The molecule has 0 saturated heterocycles. The lowest BCUT2D eigenvalue weighted by molar-refractivity contribution is 0.599. The molecule has 0 saturated carbocycles. The Kier molecular flexibility index (Phi) is 5.00. The maximum atomic E-state index is 5.27. The fourth-order valence-corrected chi connectivity index (χ4v) is 4.87. The quantitative estimate of drug-likeness (QED) is 0.306. The molecule has 178 valence electrons. The van der Waals surface area contributed by atoms with Gasteiger partial charge in [-0.25, -0.2) is 0 Å². The molecule has 6 heteroatoms. The largest absolute Gasteiger partial charge is 0.275 e. The molecule has 4 aromatic heterocycles. The fourth-order valence-electron chi connectivity index (χ4n) is 4.87. The van der Waals surface area contributed by atoms with Gasteiger partial charge in [-0.2, -0.15) is 10.2 Å². The van der Waals surface area contributed by atoms with E-state index in [9.17, 15) is 0 Å². The van der Waals surface area contributed by atoms with Crippen LogP contribution in [0.25, 0.3) is 44.1 Å². The van der Waals surface area contributed by atoms with Crippen LogP contribution in [0.4, 0.5) is 0 Å². The van der Waals surface area contributed by atoms with Crippen molar-refractivity contribution in [3.63, 3.8) is 0 Å². The number of hydrogen-bond acceptors (Lipinski definition) is 4. The summed E-state index contributed by atoms with van der Waals surface area (Å²) in [5.74, 6) is 0. The zero-order valence-electron chi connectivity index (χ0n) is 21.2. The van der Waals surface area contributed by atoms with Crippen LogP contribution < -0.4 is 0 Å². The van der Waals surface area contributed by atoms with Crippen molar-refractivity contribution in [3.05, 3.63) is 96.3 Å². The molecule has 2 aromatic carbocycles. The van der Waals surface area contributed by atoms with Crippen LogP contribution in [0.3, 0.4) is 0 Å². The number of fused-ring (bicyclic) bond motifs is 2. The zero-order chi connectivity index (χ0) is 25.0. The van der Waals surface area contributed by atoms with Gasteiger partial charge in [0.15, 0.2) is 0 Å². The van der Waals surface area contributed by atoms with Crippen LogP contribution in [0.5, 0.6) is 0 Å². The van der Waals surface area contributed by atoms with Crippen molar-refractivity contribution in [2.75, 3.05) is 0 Å². The minimum atomic E-state index is -0.449. The third-order valence-electron chi connectivity index (χ3n) is 7.23. The van der Waals surface area contributed by atoms with E-state index in [4.69, 9.17) is 9.97 Å². The van der Waals surface area contributed by atoms with E-state index in [0.717, 1.165) is 61.1 Å². The maximum absolute atomic E-state index is 5.27. The molecule has 0 aliphatic carbocycles. The van der Waals surface area contributed by atoms with Gasteiger partial charge in [0.25, 0.3) is 0 Å². The monoisotopic (exact) mass is 472 g/mol. The topological polar surface area (TPSA) is 61.4 Å². The van der Waals surface area contributed by atoms with Gasteiger partial charge in [-0.05, 0) is 43.7 Å². The Balaban J connectivity index is 1.60. The Morgan fingerprint density at radius 1 is 0.722 bits per heavy atom. The van der Waals surface area contributed by atoms with Crippen molar-refractivity contribution in [1.82, 2.24) is 29.5 Å². The number of pyridine rings is 2. The molecule has 0 atom stereocenters. The van der Waals surface area contributed by atoms with Crippen LogP contribution in [0.15, 0.2) is 79.3 Å². The molecular weight excluding hydrogens is 444 g/mol. The van der Waals surface area contributed by atoms with E-state index in [1.165, 1.54) is 0 Å². The summed E-state index contributed by atoms with van der Waals surface area (Å²) < 4.78 is 3.71. The van der Waals surface area contributed by atoms with Crippen molar-refractivity contribution in [2.24, 2.45) is 14.1 Å². The normalized spacial score (nSPS) is 12.0. The average molecular weight is 473 g/mol. The van der Waals surface area contributed by atoms with Gasteiger partial charge in [0, 0.05) is 53.3 Å². The molecule has 0 aliphatic heterocycles. The standard InChI is InChI=1S/C30H28N6/c1-19-25(17-32-36(19)5)29-24-13-9-7-11-21(24)15-27(34-29)30(2,3)26-14-20-10-6-8-12-23(20)28(33-26)22-16-31-35(4)18-22/h6-18H,1-5H3. The van der Waals surface area contributed by atoms with Crippen molar-refractivity contribution in [3.8, 4) is 22.5 Å². The summed E-state index contributed by atoms with van der Waals surface area (Å²) in [5.41, 5.74) is 6.53. The summed E-state index contributed by atoms with van der Waals surface area (Å²) in [4.78, 5) is 10.5. The first-order chi connectivity index (χ1) is 17.3. The highest BCUT2D eigenvalue weighted by Gasteiger charge is 2.29. The van der Waals surface area contributed by atoms with Crippen LogP contribution in [0.2, 0.25) is 0 Å². The van der Waals surface area contributed by atoms with Crippen LogP contribution in [-0.2, 0) is 19.5 Å². The third kappa shape index (κ3) is 3.49. The van der Waals surface area contributed by atoms with Gasteiger partial charge < -0.3 is 0 Å². The molecule has 0 fully saturated rings. The second kappa shape index (κ2) is 8.12. The van der Waals surface area contributed by atoms with Crippen LogP contribution >= 0.6 is 0 Å². The molecule has 0 spiro atoms. The predicted molar refractivity (Wildman–Crippen MR) is 145 cm³/mol. The predicted octanol–water partition coefficient (Wildman–Crippen LogP) is 6.22. The first-order valence-corrected chi connectivity index (χ1v) is 12.1. The first kappa shape index (κ1) is 22.2. The van der Waals surface area contributed by atoms with Gasteiger partial charge in [-0.3, -0.25) is 19.3 Å². The van der Waals surface area contributed by atoms with Crippen molar-refractivity contribution in [2.45, 2.75) is 26.2 Å². The SMILES string of the molecule is Cc1c(-c2nc(C(C)(C)c3cc4ccccc4c(-c4cnn(C)c4)n3)cc3ccccc23)cnn1C. The number of aryl methyl sites for hydroxylation is 2. The summed E-state index contributed by atoms with van der Waals surface area (Å²) in [6.07, 6.45) is 5.81. The molecule has 0 aliphatic rings. The highest BCUT2D eigenvalue weighted by Crippen LogP contribution is 2.38. The molecule has 36 heavy (non-hydrogen) atoms. The molecule has 0 bridgehead atoms. The third-order valence-corrected chi connectivity index (χ3v) is 7.23. The number of aromatic nitrogens is 6. The van der Waals surface area contributed by atoms with Gasteiger partial charge in [0.1, 0.15) is 0 Å². The molecule has 0 amide bonds. The van der Waals surface area contributed by atoms with Gasteiger partial charge in [-0.15, -0.1) is 0 Å². The van der Waals surface area contributed by atoms with E-state index in [2.05, 4.69) is 91.6 Å². The number of benzene rings is 2. The lowest BCUT2D eigenvalue weighted by Crippen LogP contribution is -2.23. The van der Waals surface area contributed by atoms with Crippen molar-refractivity contribution in [1.29, 1.82) is 0 Å². The molecule has 6 aromatic rings. The number of rotatable bonds is 4. The number of hydrogen-bond donors (Lipinski definition) is 0. The van der Waals surface area contributed by atoms with Gasteiger partial charge in [0.2, 0.25) is 0 Å². The molecule has 0 unspecified atom stereocenters. The lowest BCUT2D eigenvalue weighted by Gasteiger charge is -2.26. The van der Waals surface area contributed by atoms with Crippen molar-refractivity contribution >= 4 is 21.5 Å². The minimum Gasteiger partial charge on any atom is -0.275 e. The molecule has 6 nitrogen and oxygen atoms in total. The Morgan fingerprint density at radius 2 is 1.31 bits per heavy atom. The molecule has 0 N–H and O–H groups in total. The molecule has 0 radical (unpaired) electrons. The summed E-state index contributed by atoms with van der Waals surface area (Å²) >= 11 is 0. The smallest absolute Gasteiger partial charge is 0.0818 e. The molecule has 4 heterocycles. The van der Waals surface area contributed by atoms with Gasteiger partial charge in [-0.1, -0.05) is 48.5 Å². The summed E-state index contributed by atoms with van der Waals surface area (Å²) in [5, 5.41) is 13.4. The molecule has 6 rings (SSSR count). The van der Waals surface area contributed by atoms with Crippen LogP contribution in [0.1, 0.15) is 30.9 Å². The van der Waals surface area contributed by atoms with E-state index in [-0.39, 0.29) is 0 Å². The Hall–Kier alpha value is -4.32. The van der Waals surface area contributed by atoms with E-state index < -0.39 is 5.41 Å². The molecular formula is C30H28N6. The van der Waals surface area contributed by atoms with Crippen LogP contribution in [-0.4, -0.2) is 29.5 Å². The van der Waals surface area contributed by atoms with E-state index in [0.29, 0.717) is 0 Å². The summed E-state index contributed by atoms with van der Waals surface area (Å²) in [7, 11) is 3.90. The van der Waals surface area contributed by atoms with E-state index in [1.54, 1.807) is 0 Å².